The fraction of sp³-hybridized carbons (Fsp3) is 0.154. The molecule has 0 unspecified atom stereocenters. The third kappa shape index (κ3) is 2.74. The van der Waals surface area contributed by atoms with Crippen LogP contribution in [0, 0.1) is 11.3 Å². The minimum absolute atomic E-state index is 0.443. The number of nitrogen functional groups attached to an aromatic ring is 1. The molecule has 0 aliphatic heterocycles. The first-order valence-electron chi connectivity index (χ1n) is 5.62. The van der Waals surface area contributed by atoms with Crippen LogP contribution in [0.5, 0.6) is 0 Å². The molecule has 90 valence electrons. The van der Waals surface area contributed by atoms with E-state index in [1.54, 1.807) is 18.2 Å². The number of hydrogen-bond donors (Lipinski definition) is 2. The van der Waals surface area contributed by atoms with Crippen LogP contribution in [0.2, 0.25) is 0 Å². The minimum Gasteiger partial charge on any atom is -0.384 e. The second-order valence-electron chi connectivity index (χ2n) is 3.76. The van der Waals surface area contributed by atoms with E-state index in [0.29, 0.717) is 23.0 Å². The molecule has 0 aliphatic carbocycles. The minimum atomic E-state index is 0.443. The van der Waals surface area contributed by atoms with Gasteiger partial charge >= 0.3 is 0 Å². The van der Waals surface area contributed by atoms with Gasteiger partial charge < -0.3 is 11.1 Å². The molecule has 0 radical (unpaired) electrons. The number of nitriles is 1. The van der Waals surface area contributed by atoms with Gasteiger partial charge in [0.25, 0.3) is 0 Å². The zero-order valence-corrected chi connectivity index (χ0v) is 10.0. The Morgan fingerprint density at radius 2 is 2.00 bits per heavy atom. The topological polar surface area (TPSA) is 87.6 Å². The van der Waals surface area contributed by atoms with Gasteiger partial charge in [0, 0.05) is 18.2 Å². The van der Waals surface area contributed by atoms with E-state index in [0.717, 1.165) is 12.1 Å². The van der Waals surface area contributed by atoms with E-state index < -0.39 is 0 Å². The van der Waals surface area contributed by atoms with Crippen molar-refractivity contribution in [3.05, 3.63) is 41.7 Å². The summed E-state index contributed by atoms with van der Waals surface area (Å²) in [5.74, 6) is 1.80. The largest absolute Gasteiger partial charge is 0.384 e. The van der Waals surface area contributed by atoms with Gasteiger partial charge in [0.05, 0.1) is 11.6 Å². The van der Waals surface area contributed by atoms with Crippen molar-refractivity contribution in [3.8, 4) is 6.07 Å². The summed E-state index contributed by atoms with van der Waals surface area (Å²) in [5.41, 5.74) is 7.18. The van der Waals surface area contributed by atoms with Crippen LogP contribution in [-0.2, 0) is 6.42 Å². The molecule has 1 aromatic carbocycles. The molecule has 3 N–H and O–H groups in total. The van der Waals surface area contributed by atoms with Crippen molar-refractivity contribution in [2.45, 2.75) is 13.3 Å². The van der Waals surface area contributed by atoms with Gasteiger partial charge in [0.2, 0.25) is 0 Å². The average Bonchev–Trinajstić information content (AvgIpc) is 2.39. The SMILES string of the molecule is CCc1nc(N)cc(Nc2ccc(C#N)cc2)n1. The Hall–Kier alpha value is -2.61. The number of nitrogens with two attached hydrogens (primary N) is 1. The number of aryl methyl sites for hydroxylation is 1. The number of rotatable bonds is 3. The fourth-order valence-corrected chi connectivity index (χ4v) is 1.52. The molecule has 0 bridgehead atoms. The molecular formula is C13H13N5. The Labute approximate surface area is 105 Å². The lowest BCUT2D eigenvalue weighted by Gasteiger charge is -2.07. The molecule has 0 saturated heterocycles. The van der Waals surface area contributed by atoms with Crippen molar-refractivity contribution in [2.24, 2.45) is 0 Å². The Balaban J connectivity index is 2.22. The summed E-state index contributed by atoms with van der Waals surface area (Å²) in [7, 11) is 0. The number of nitrogens with zero attached hydrogens (tertiary/aromatic N) is 3. The first-order chi connectivity index (χ1) is 8.71. The average molecular weight is 239 g/mol. The van der Waals surface area contributed by atoms with E-state index in [2.05, 4.69) is 21.4 Å². The molecule has 0 aliphatic rings. The molecule has 2 rings (SSSR count). The molecule has 0 saturated carbocycles. The van der Waals surface area contributed by atoms with Crippen LogP contribution in [0.15, 0.2) is 30.3 Å². The molecule has 5 heteroatoms. The van der Waals surface area contributed by atoms with Crippen LogP contribution in [0.4, 0.5) is 17.3 Å². The molecule has 0 spiro atoms. The summed E-state index contributed by atoms with van der Waals surface area (Å²) in [6, 6.07) is 10.9. The summed E-state index contributed by atoms with van der Waals surface area (Å²) >= 11 is 0. The van der Waals surface area contributed by atoms with Gasteiger partial charge in [-0.05, 0) is 24.3 Å². The number of benzene rings is 1. The molecular weight excluding hydrogens is 226 g/mol. The molecule has 1 aromatic heterocycles. The highest BCUT2D eigenvalue weighted by molar-refractivity contribution is 5.59. The lowest BCUT2D eigenvalue weighted by Crippen LogP contribution is -2.02. The highest BCUT2D eigenvalue weighted by atomic mass is 15.0. The van der Waals surface area contributed by atoms with Crippen LogP contribution in [0.1, 0.15) is 18.3 Å². The van der Waals surface area contributed by atoms with Crippen LogP contribution >= 0.6 is 0 Å². The normalized spacial score (nSPS) is 9.78. The molecule has 0 atom stereocenters. The lowest BCUT2D eigenvalue weighted by atomic mass is 10.2. The van der Waals surface area contributed by atoms with E-state index in [-0.39, 0.29) is 0 Å². The number of anilines is 3. The summed E-state index contributed by atoms with van der Waals surface area (Å²) in [5, 5.41) is 11.8. The highest BCUT2D eigenvalue weighted by Crippen LogP contribution is 2.16. The zero-order chi connectivity index (χ0) is 13.0. The zero-order valence-electron chi connectivity index (χ0n) is 10.0. The van der Waals surface area contributed by atoms with Crippen molar-refractivity contribution in [1.29, 1.82) is 5.26 Å². The lowest BCUT2D eigenvalue weighted by molar-refractivity contribution is 0.948. The van der Waals surface area contributed by atoms with E-state index >= 15 is 0 Å². The van der Waals surface area contributed by atoms with Gasteiger partial charge in [-0.15, -0.1) is 0 Å². The Bertz CT molecular complexity index is 583. The van der Waals surface area contributed by atoms with Gasteiger partial charge in [-0.3, -0.25) is 0 Å². The van der Waals surface area contributed by atoms with Crippen LogP contribution in [0.3, 0.4) is 0 Å². The predicted octanol–water partition coefficient (Wildman–Crippen LogP) is 2.24. The third-order valence-corrected chi connectivity index (χ3v) is 2.39. The Morgan fingerprint density at radius 3 is 2.61 bits per heavy atom. The van der Waals surface area contributed by atoms with Crippen molar-refractivity contribution in [1.82, 2.24) is 9.97 Å². The molecule has 1 heterocycles. The van der Waals surface area contributed by atoms with Crippen molar-refractivity contribution in [2.75, 3.05) is 11.1 Å². The van der Waals surface area contributed by atoms with Crippen molar-refractivity contribution < 1.29 is 0 Å². The standard InChI is InChI=1S/C13H13N5/c1-2-12-17-11(15)7-13(18-12)16-10-5-3-9(8-14)4-6-10/h3-7H,2H2,1H3,(H3,15,16,17,18). The second kappa shape index (κ2) is 5.15. The number of nitrogens with one attached hydrogen (secondary N) is 1. The quantitative estimate of drug-likeness (QED) is 0.857. The van der Waals surface area contributed by atoms with Gasteiger partial charge in [-0.2, -0.15) is 5.26 Å². The summed E-state index contributed by atoms with van der Waals surface area (Å²) < 4.78 is 0. The van der Waals surface area contributed by atoms with E-state index in [1.165, 1.54) is 0 Å². The number of aromatic nitrogens is 2. The van der Waals surface area contributed by atoms with Crippen molar-refractivity contribution in [3.63, 3.8) is 0 Å². The first-order valence-corrected chi connectivity index (χ1v) is 5.62. The molecule has 0 amide bonds. The Kier molecular flexibility index (Phi) is 3.39. The van der Waals surface area contributed by atoms with Crippen LogP contribution < -0.4 is 11.1 Å². The van der Waals surface area contributed by atoms with E-state index in [4.69, 9.17) is 11.0 Å². The van der Waals surface area contributed by atoms with Gasteiger partial charge in [0.1, 0.15) is 17.5 Å². The summed E-state index contributed by atoms with van der Waals surface area (Å²) in [6.07, 6.45) is 0.729. The van der Waals surface area contributed by atoms with Crippen LogP contribution in [0.25, 0.3) is 0 Å². The molecule has 2 aromatic rings. The molecule has 5 nitrogen and oxygen atoms in total. The summed E-state index contributed by atoms with van der Waals surface area (Å²) in [6.45, 7) is 1.97. The third-order valence-electron chi connectivity index (χ3n) is 2.39. The second-order valence-corrected chi connectivity index (χ2v) is 3.76. The smallest absolute Gasteiger partial charge is 0.136 e. The maximum Gasteiger partial charge on any atom is 0.136 e. The first kappa shape index (κ1) is 11.9. The van der Waals surface area contributed by atoms with E-state index in [1.807, 2.05) is 19.1 Å². The van der Waals surface area contributed by atoms with Gasteiger partial charge in [-0.25, -0.2) is 9.97 Å². The summed E-state index contributed by atoms with van der Waals surface area (Å²) in [4.78, 5) is 8.43. The maximum atomic E-state index is 8.72. The van der Waals surface area contributed by atoms with Gasteiger partial charge in [0.15, 0.2) is 0 Å². The predicted molar refractivity (Wildman–Crippen MR) is 70.3 cm³/mol. The number of hydrogen-bond acceptors (Lipinski definition) is 5. The Morgan fingerprint density at radius 1 is 1.28 bits per heavy atom. The molecule has 18 heavy (non-hydrogen) atoms. The fourth-order valence-electron chi connectivity index (χ4n) is 1.52. The highest BCUT2D eigenvalue weighted by Gasteiger charge is 2.01. The van der Waals surface area contributed by atoms with Crippen LogP contribution in [-0.4, -0.2) is 9.97 Å². The monoisotopic (exact) mass is 239 g/mol. The van der Waals surface area contributed by atoms with E-state index in [9.17, 15) is 0 Å². The maximum absolute atomic E-state index is 8.72. The molecule has 0 fully saturated rings. The van der Waals surface area contributed by atoms with Crippen molar-refractivity contribution >= 4 is 17.3 Å². The van der Waals surface area contributed by atoms with Gasteiger partial charge in [-0.1, -0.05) is 6.92 Å².